The van der Waals surface area contributed by atoms with Crippen molar-refractivity contribution in [1.29, 1.82) is 0 Å². The van der Waals surface area contributed by atoms with Crippen molar-refractivity contribution in [2.45, 2.75) is 32.3 Å². The minimum absolute atomic E-state index is 0.173. The minimum Gasteiger partial charge on any atom is -0.393 e. The Kier molecular flexibility index (Phi) is 3.57. The molecule has 14 heavy (non-hydrogen) atoms. The number of alkyl halides is 2. The SMILES string of the molecule is CC(O)CCc1cn(C)nc1C(F)F. The Morgan fingerprint density at radius 3 is 2.71 bits per heavy atom. The molecular formula is C9H14F2N2O. The molecule has 1 unspecified atom stereocenters. The van der Waals surface area contributed by atoms with Crippen LogP contribution < -0.4 is 0 Å². The van der Waals surface area contributed by atoms with Gasteiger partial charge >= 0.3 is 0 Å². The molecule has 0 spiro atoms. The van der Waals surface area contributed by atoms with Crippen molar-refractivity contribution in [3.63, 3.8) is 0 Å². The second-order valence-corrected chi connectivity index (χ2v) is 3.40. The number of rotatable bonds is 4. The number of aryl methyl sites for hydroxylation is 2. The van der Waals surface area contributed by atoms with Gasteiger partial charge in [0, 0.05) is 13.2 Å². The van der Waals surface area contributed by atoms with Crippen LogP contribution in [0.4, 0.5) is 8.78 Å². The van der Waals surface area contributed by atoms with Gasteiger partial charge in [-0.05, 0) is 25.3 Å². The number of hydrogen-bond donors (Lipinski definition) is 1. The fraction of sp³-hybridized carbons (Fsp3) is 0.667. The monoisotopic (exact) mass is 204 g/mol. The van der Waals surface area contributed by atoms with Gasteiger partial charge in [-0.1, -0.05) is 0 Å². The van der Waals surface area contributed by atoms with Gasteiger partial charge in [-0.25, -0.2) is 8.78 Å². The average Bonchev–Trinajstić information content (AvgIpc) is 2.43. The molecule has 3 nitrogen and oxygen atoms in total. The molecular weight excluding hydrogens is 190 g/mol. The summed E-state index contributed by atoms with van der Waals surface area (Å²) in [6, 6.07) is 0. The summed E-state index contributed by atoms with van der Waals surface area (Å²) in [4.78, 5) is 0. The van der Waals surface area contributed by atoms with Crippen LogP contribution >= 0.6 is 0 Å². The quantitative estimate of drug-likeness (QED) is 0.810. The van der Waals surface area contributed by atoms with Gasteiger partial charge in [-0.15, -0.1) is 0 Å². The molecule has 0 bridgehead atoms. The summed E-state index contributed by atoms with van der Waals surface area (Å²) in [7, 11) is 1.61. The fourth-order valence-corrected chi connectivity index (χ4v) is 1.30. The Morgan fingerprint density at radius 1 is 1.57 bits per heavy atom. The van der Waals surface area contributed by atoms with E-state index in [-0.39, 0.29) is 5.69 Å². The van der Waals surface area contributed by atoms with Crippen LogP contribution in [0.2, 0.25) is 0 Å². The molecule has 0 radical (unpaired) electrons. The Hall–Kier alpha value is -0.970. The lowest BCUT2D eigenvalue weighted by molar-refractivity contribution is 0.143. The lowest BCUT2D eigenvalue weighted by Crippen LogP contribution is -2.02. The van der Waals surface area contributed by atoms with E-state index in [1.54, 1.807) is 20.2 Å². The van der Waals surface area contributed by atoms with E-state index in [0.29, 0.717) is 18.4 Å². The summed E-state index contributed by atoms with van der Waals surface area (Å²) in [5.41, 5.74) is 0.344. The van der Waals surface area contributed by atoms with Crippen LogP contribution in [0.15, 0.2) is 6.20 Å². The predicted molar refractivity (Wildman–Crippen MR) is 48.2 cm³/mol. The number of aliphatic hydroxyl groups excluding tert-OH is 1. The maximum absolute atomic E-state index is 12.4. The Morgan fingerprint density at radius 2 is 2.21 bits per heavy atom. The highest BCUT2D eigenvalue weighted by molar-refractivity contribution is 5.18. The third-order valence-corrected chi connectivity index (χ3v) is 1.98. The Bertz CT molecular complexity index is 297. The molecule has 0 aliphatic carbocycles. The molecule has 1 atom stereocenters. The first-order chi connectivity index (χ1) is 6.50. The second-order valence-electron chi connectivity index (χ2n) is 3.40. The summed E-state index contributed by atoms with van der Waals surface area (Å²) in [6.45, 7) is 1.64. The molecule has 1 heterocycles. The third kappa shape index (κ3) is 2.77. The van der Waals surface area contributed by atoms with Crippen LogP contribution in [0.1, 0.15) is 31.0 Å². The van der Waals surface area contributed by atoms with Gasteiger partial charge in [0.25, 0.3) is 6.43 Å². The van der Waals surface area contributed by atoms with E-state index in [0.717, 1.165) is 0 Å². The molecule has 0 saturated carbocycles. The smallest absolute Gasteiger partial charge is 0.282 e. The number of aromatic nitrogens is 2. The normalized spacial score (nSPS) is 13.6. The van der Waals surface area contributed by atoms with Crippen molar-refractivity contribution in [1.82, 2.24) is 9.78 Å². The Labute approximate surface area is 81.4 Å². The van der Waals surface area contributed by atoms with E-state index < -0.39 is 12.5 Å². The van der Waals surface area contributed by atoms with E-state index in [9.17, 15) is 8.78 Å². The molecule has 0 aliphatic rings. The lowest BCUT2D eigenvalue weighted by atomic mass is 10.1. The number of aliphatic hydroxyl groups is 1. The number of hydrogen-bond acceptors (Lipinski definition) is 2. The molecule has 1 aromatic heterocycles. The molecule has 0 saturated heterocycles. The molecule has 0 aliphatic heterocycles. The van der Waals surface area contributed by atoms with Gasteiger partial charge in [0.15, 0.2) is 0 Å². The highest BCUT2D eigenvalue weighted by atomic mass is 19.3. The van der Waals surface area contributed by atoms with Gasteiger partial charge in [0.1, 0.15) is 5.69 Å². The van der Waals surface area contributed by atoms with Crippen LogP contribution in [-0.4, -0.2) is 21.0 Å². The van der Waals surface area contributed by atoms with Crippen molar-refractivity contribution in [3.8, 4) is 0 Å². The molecule has 1 aromatic rings. The highest BCUT2D eigenvalue weighted by Gasteiger charge is 2.17. The van der Waals surface area contributed by atoms with Crippen LogP contribution in [0.25, 0.3) is 0 Å². The predicted octanol–water partition coefficient (Wildman–Crippen LogP) is 1.67. The standard InChI is InChI=1S/C9H14F2N2O/c1-6(14)3-4-7-5-13(2)12-8(7)9(10)11/h5-6,9,14H,3-4H2,1-2H3. The largest absolute Gasteiger partial charge is 0.393 e. The summed E-state index contributed by atoms with van der Waals surface area (Å²) in [5, 5.41) is 12.7. The zero-order valence-corrected chi connectivity index (χ0v) is 8.24. The van der Waals surface area contributed by atoms with Crippen molar-refractivity contribution in [2.24, 2.45) is 7.05 Å². The zero-order chi connectivity index (χ0) is 10.7. The van der Waals surface area contributed by atoms with Gasteiger partial charge in [-0.2, -0.15) is 5.10 Å². The van der Waals surface area contributed by atoms with Gasteiger partial charge < -0.3 is 5.11 Å². The summed E-state index contributed by atoms with van der Waals surface area (Å²) in [6.07, 6.45) is -0.526. The van der Waals surface area contributed by atoms with Crippen LogP contribution in [-0.2, 0) is 13.5 Å². The molecule has 80 valence electrons. The van der Waals surface area contributed by atoms with Crippen LogP contribution in [0, 0.1) is 0 Å². The fourth-order valence-electron chi connectivity index (χ4n) is 1.30. The first-order valence-corrected chi connectivity index (χ1v) is 4.49. The molecule has 0 fully saturated rings. The van der Waals surface area contributed by atoms with Gasteiger partial charge in [0.2, 0.25) is 0 Å². The molecule has 1 rings (SSSR count). The first kappa shape index (κ1) is 11.1. The summed E-state index contributed by atoms with van der Waals surface area (Å²) >= 11 is 0. The van der Waals surface area contributed by atoms with E-state index in [2.05, 4.69) is 5.10 Å². The van der Waals surface area contributed by atoms with Gasteiger partial charge in [-0.3, -0.25) is 4.68 Å². The van der Waals surface area contributed by atoms with E-state index in [1.165, 1.54) is 4.68 Å². The summed E-state index contributed by atoms with van der Waals surface area (Å²) in [5.74, 6) is 0. The maximum Gasteiger partial charge on any atom is 0.282 e. The average molecular weight is 204 g/mol. The van der Waals surface area contributed by atoms with Gasteiger partial charge in [0.05, 0.1) is 6.10 Å². The topological polar surface area (TPSA) is 38.0 Å². The van der Waals surface area contributed by atoms with E-state index in [4.69, 9.17) is 5.11 Å². The van der Waals surface area contributed by atoms with E-state index >= 15 is 0 Å². The lowest BCUT2D eigenvalue weighted by Gasteiger charge is -2.03. The first-order valence-electron chi connectivity index (χ1n) is 4.49. The maximum atomic E-state index is 12.4. The van der Waals surface area contributed by atoms with Crippen LogP contribution in [0.5, 0.6) is 0 Å². The van der Waals surface area contributed by atoms with Crippen molar-refractivity contribution >= 4 is 0 Å². The summed E-state index contributed by atoms with van der Waals surface area (Å²) < 4.78 is 26.2. The molecule has 1 N–H and O–H groups in total. The van der Waals surface area contributed by atoms with Crippen molar-refractivity contribution in [3.05, 3.63) is 17.5 Å². The highest BCUT2D eigenvalue weighted by Crippen LogP contribution is 2.22. The molecule has 0 aromatic carbocycles. The van der Waals surface area contributed by atoms with E-state index in [1.807, 2.05) is 0 Å². The second kappa shape index (κ2) is 4.50. The molecule has 0 amide bonds. The number of halogens is 2. The zero-order valence-electron chi connectivity index (χ0n) is 8.24. The van der Waals surface area contributed by atoms with Crippen molar-refractivity contribution in [2.75, 3.05) is 0 Å². The van der Waals surface area contributed by atoms with Crippen LogP contribution in [0.3, 0.4) is 0 Å². The number of nitrogens with zero attached hydrogens (tertiary/aromatic N) is 2. The Balaban J connectivity index is 2.74. The van der Waals surface area contributed by atoms with Crippen molar-refractivity contribution < 1.29 is 13.9 Å². The minimum atomic E-state index is -2.54. The third-order valence-electron chi connectivity index (χ3n) is 1.98. The molecule has 5 heteroatoms.